The summed E-state index contributed by atoms with van der Waals surface area (Å²) in [5.41, 5.74) is 2.31. The summed E-state index contributed by atoms with van der Waals surface area (Å²) in [7, 11) is -3.48. The number of ether oxygens (including phenoxy) is 1. The van der Waals surface area contributed by atoms with Crippen LogP contribution in [-0.2, 0) is 32.6 Å². The zero-order chi connectivity index (χ0) is 22.3. The maximum atomic E-state index is 12.5. The second kappa shape index (κ2) is 10.4. The number of carbonyl (C=O) groups excluding carboxylic acids is 1. The Bertz CT molecular complexity index is 1090. The molecule has 0 fully saturated rings. The molecule has 2 aromatic carbocycles. The summed E-state index contributed by atoms with van der Waals surface area (Å²) in [5, 5.41) is 3.93. The van der Waals surface area contributed by atoms with E-state index >= 15 is 0 Å². The molecule has 31 heavy (non-hydrogen) atoms. The topological polar surface area (TPSA) is 89.7 Å². The minimum atomic E-state index is -3.48. The fourth-order valence-corrected chi connectivity index (χ4v) is 4.59. The Morgan fingerprint density at radius 3 is 2.35 bits per heavy atom. The summed E-state index contributed by atoms with van der Waals surface area (Å²) in [6.07, 6.45) is 0.643. The Morgan fingerprint density at radius 1 is 1.03 bits per heavy atom. The number of esters is 1. The summed E-state index contributed by atoms with van der Waals surface area (Å²) >= 11 is 0. The lowest BCUT2D eigenvalue weighted by Crippen LogP contribution is -2.30. The highest BCUT2D eigenvalue weighted by atomic mass is 32.2. The van der Waals surface area contributed by atoms with E-state index in [9.17, 15) is 13.2 Å². The van der Waals surface area contributed by atoms with Gasteiger partial charge in [-0.2, -0.15) is 4.31 Å². The highest BCUT2D eigenvalue weighted by Crippen LogP contribution is 2.20. The maximum Gasteiger partial charge on any atom is 0.306 e. The predicted octanol–water partition coefficient (Wildman–Crippen LogP) is 4.05. The van der Waals surface area contributed by atoms with Crippen molar-refractivity contribution in [2.75, 3.05) is 13.1 Å². The average Bonchev–Trinajstić information content (AvgIpc) is 3.27. The van der Waals surface area contributed by atoms with E-state index in [1.54, 1.807) is 30.3 Å². The molecule has 0 aliphatic heterocycles. The fourth-order valence-electron chi connectivity index (χ4n) is 3.13. The van der Waals surface area contributed by atoms with Crippen LogP contribution in [0.1, 0.15) is 31.5 Å². The smallest absolute Gasteiger partial charge is 0.306 e. The van der Waals surface area contributed by atoms with Crippen molar-refractivity contribution in [1.29, 1.82) is 0 Å². The van der Waals surface area contributed by atoms with E-state index in [4.69, 9.17) is 9.26 Å². The van der Waals surface area contributed by atoms with E-state index in [0.717, 1.165) is 11.1 Å². The quantitative estimate of drug-likeness (QED) is 0.440. The molecular formula is C23H26N2O5S. The molecule has 0 saturated carbocycles. The van der Waals surface area contributed by atoms with Crippen LogP contribution in [0.5, 0.6) is 0 Å². The molecule has 8 heteroatoms. The first-order chi connectivity index (χ1) is 14.9. The number of benzene rings is 2. The Labute approximate surface area is 182 Å². The lowest BCUT2D eigenvalue weighted by Gasteiger charge is -2.18. The van der Waals surface area contributed by atoms with Gasteiger partial charge in [-0.25, -0.2) is 8.42 Å². The monoisotopic (exact) mass is 442 g/mol. The number of aromatic nitrogens is 1. The molecule has 0 atom stereocenters. The van der Waals surface area contributed by atoms with Crippen molar-refractivity contribution in [3.63, 3.8) is 0 Å². The molecule has 0 spiro atoms. The summed E-state index contributed by atoms with van der Waals surface area (Å²) in [4.78, 5) is 12.3. The van der Waals surface area contributed by atoms with Crippen LogP contribution in [0.4, 0.5) is 0 Å². The normalized spacial score (nSPS) is 11.6. The Balaban J connectivity index is 1.49. The van der Waals surface area contributed by atoms with Crippen LogP contribution in [-0.4, -0.2) is 36.9 Å². The Kier molecular flexibility index (Phi) is 7.59. The summed E-state index contributed by atoms with van der Waals surface area (Å²) in [5.74, 6) is 0.260. The Hall–Kier alpha value is -2.97. The molecule has 3 rings (SSSR count). The highest BCUT2D eigenvalue weighted by Gasteiger charge is 2.21. The van der Waals surface area contributed by atoms with Gasteiger partial charge in [0.1, 0.15) is 12.3 Å². The molecule has 1 heterocycles. The number of nitrogens with zero attached hydrogens (tertiary/aromatic N) is 2. The predicted molar refractivity (Wildman–Crippen MR) is 117 cm³/mol. The van der Waals surface area contributed by atoms with E-state index < -0.39 is 10.0 Å². The molecule has 0 unspecified atom stereocenters. The summed E-state index contributed by atoms with van der Waals surface area (Å²) in [6.45, 7) is 4.50. The lowest BCUT2D eigenvalue weighted by molar-refractivity contribution is -0.145. The third-order valence-electron chi connectivity index (χ3n) is 4.88. The second-order valence-electron chi connectivity index (χ2n) is 6.94. The largest absolute Gasteiger partial charge is 0.459 e. The van der Waals surface area contributed by atoms with Crippen molar-refractivity contribution in [2.45, 2.75) is 38.2 Å². The molecule has 1 aromatic heterocycles. The summed E-state index contributed by atoms with van der Waals surface area (Å²) < 4.78 is 37.0. The standard InChI is InChI=1S/C23H26N2O5S/c1-3-25(4-2)31(27,28)21-13-10-18(11-14-21)12-15-23(26)29-17-20-16-22(30-24-20)19-8-6-5-7-9-19/h5-11,13-14,16H,3-4,12,15,17H2,1-2H3. The van der Waals surface area contributed by atoms with Gasteiger partial charge >= 0.3 is 5.97 Å². The number of hydrogen-bond donors (Lipinski definition) is 0. The first kappa shape index (κ1) is 22.7. The van der Waals surface area contributed by atoms with Crippen molar-refractivity contribution in [3.8, 4) is 11.3 Å². The van der Waals surface area contributed by atoms with Crippen LogP contribution in [0.3, 0.4) is 0 Å². The third-order valence-corrected chi connectivity index (χ3v) is 6.95. The van der Waals surface area contributed by atoms with Crippen LogP contribution in [0.2, 0.25) is 0 Å². The van der Waals surface area contributed by atoms with Crippen LogP contribution in [0.25, 0.3) is 11.3 Å². The molecule has 0 bridgehead atoms. The molecule has 0 saturated heterocycles. The zero-order valence-electron chi connectivity index (χ0n) is 17.7. The lowest BCUT2D eigenvalue weighted by atomic mass is 10.1. The van der Waals surface area contributed by atoms with Crippen molar-refractivity contribution in [2.24, 2.45) is 0 Å². The molecule has 0 amide bonds. The van der Waals surface area contributed by atoms with Crippen molar-refractivity contribution in [1.82, 2.24) is 9.46 Å². The average molecular weight is 443 g/mol. The molecule has 0 aliphatic rings. The molecule has 3 aromatic rings. The Morgan fingerprint density at radius 2 is 1.71 bits per heavy atom. The van der Waals surface area contributed by atoms with Gasteiger partial charge in [0.15, 0.2) is 5.76 Å². The SMILES string of the molecule is CCN(CC)S(=O)(=O)c1ccc(CCC(=O)OCc2cc(-c3ccccc3)on2)cc1. The first-order valence-electron chi connectivity index (χ1n) is 10.2. The van der Waals surface area contributed by atoms with Crippen molar-refractivity contribution >= 4 is 16.0 Å². The summed E-state index contributed by atoms with van der Waals surface area (Å²) in [6, 6.07) is 17.9. The molecule has 7 nitrogen and oxygen atoms in total. The van der Waals surface area contributed by atoms with Crippen LogP contribution in [0.15, 0.2) is 70.1 Å². The van der Waals surface area contributed by atoms with Gasteiger partial charge in [-0.1, -0.05) is 61.5 Å². The van der Waals surface area contributed by atoms with Crippen molar-refractivity contribution in [3.05, 3.63) is 71.9 Å². The third kappa shape index (κ3) is 5.80. The van der Waals surface area contributed by atoms with Gasteiger partial charge in [0, 0.05) is 31.1 Å². The zero-order valence-corrected chi connectivity index (χ0v) is 18.5. The van der Waals surface area contributed by atoms with Crippen LogP contribution in [0, 0.1) is 0 Å². The molecule has 0 aliphatic carbocycles. The second-order valence-corrected chi connectivity index (χ2v) is 8.88. The first-order valence-corrected chi connectivity index (χ1v) is 11.6. The minimum absolute atomic E-state index is 0.0379. The van der Waals surface area contributed by atoms with E-state index in [1.165, 1.54) is 4.31 Å². The van der Waals surface area contributed by atoms with Gasteiger partial charge in [0.2, 0.25) is 10.0 Å². The van der Waals surface area contributed by atoms with Crippen LogP contribution < -0.4 is 0 Å². The van der Waals surface area contributed by atoms with Gasteiger partial charge in [0.25, 0.3) is 0 Å². The molecule has 0 radical (unpaired) electrons. The number of sulfonamides is 1. The minimum Gasteiger partial charge on any atom is -0.459 e. The van der Waals surface area contributed by atoms with Gasteiger partial charge in [-0.05, 0) is 24.1 Å². The van der Waals surface area contributed by atoms with E-state index in [2.05, 4.69) is 5.16 Å². The molecule has 0 N–H and O–H groups in total. The van der Waals surface area contributed by atoms with Gasteiger partial charge in [-0.15, -0.1) is 0 Å². The fraction of sp³-hybridized carbons (Fsp3) is 0.304. The number of rotatable bonds is 10. The molecular weight excluding hydrogens is 416 g/mol. The molecule has 164 valence electrons. The van der Waals surface area contributed by atoms with Gasteiger partial charge in [0.05, 0.1) is 4.90 Å². The van der Waals surface area contributed by atoms with Gasteiger partial charge < -0.3 is 9.26 Å². The van der Waals surface area contributed by atoms with Gasteiger partial charge in [-0.3, -0.25) is 4.79 Å². The van der Waals surface area contributed by atoms with Crippen molar-refractivity contribution < 1.29 is 22.5 Å². The number of carbonyl (C=O) groups is 1. The van der Waals surface area contributed by atoms with Crippen LogP contribution >= 0.6 is 0 Å². The highest BCUT2D eigenvalue weighted by molar-refractivity contribution is 7.89. The number of hydrogen-bond acceptors (Lipinski definition) is 6. The van der Waals surface area contributed by atoms with E-state index in [1.807, 2.05) is 44.2 Å². The van der Waals surface area contributed by atoms with E-state index in [-0.39, 0.29) is 23.9 Å². The van der Waals surface area contributed by atoms with E-state index in [0.29, 0.717) is 31.0 Å². The number of aryl methyl sites for hydroxylation is 1. The maximum absolute atomic E-state index is 12.5.